The number of rotatable bonds is 8. The number of hydrogen-bond donors (Lipinski definition) is 1. The molecule has 0 aliphatic carbocycles. The summed E-state index contributed by atoms with van der Waals surface area (Å²) < 4.78 is 33.0. The number of hydrogen-bond acceptors (Lipinski definition) is 8. The number of anilines is 2. The summed E-state index contributed by atoms with van der Waals surface area (Å²) in [6, 6.07) is 12.8. The van der Waals surface area contributed by atoms with Gasteiger partial charge in [-0.3, -0.25) is 9.78 Å². The van der Waals surface area contributed by atoms with Crippen LogP contribution < -0.4 is 15.0 Å². The van der Waals surface area contributed by atoms with E-state index in [4.69, 9.17) is 4.74 Å². The maximum Gasteiger partial charge on any atom is 0.263 e. The summed E-state index contributed by atoms with van der Waals surface area (Å²) in [5.41, 5.74) is 2.56. The molecular formula is C24H22F2N8O2. The fraction of sp³-hybridized carbons (Fsp3) is 0.250. The Kier molecular flexibility index (Phi) is 6.48. The fourth-order valence-corrected chi connectivity index (χ4v) is 3.72. The first kappa shape index (κ1) is 23.3. The molecule has 0 unspecified atom stereocenters. The fourth-order valence-electron chi connectivity index (χ4n) is 3.72. The van der Waals surface area contributed by atoms with Crippen LogP contribution in [0.1, 0.15) is 23.4 Å². The molecule has 1 amide bonds. The van der Waals surface area contributed by atoms with Crippen LogP contribution in [0.3, 0.4) is 0 Å². The molecule has 12 heteroatoms. The van der Waals surface area contributed by atoms with Crippen LogP contribution in [-0.2, 0) is 11.4 Å². The van der Waals surface area contributed by atoms with Gasteiger partial charge in [-0.25, -0.2) is 13.5 Å². The smallest absolute Gasteiger partial charge is 0.263 e. The largest absolute Gasteiger partial charge is 0.470 e. The van der Waals surface area contributed by atoms with Crippen LogP contribution in [0.4, 0.5) is 20.3 Å². The topological polar surface area (TPSA) is 111 Å². The van der Waals surface area contributed by atoms with Crippen LogP contribution in [0.2, 0.25) is 0 Å². The molecule has 36 heavy (non-hydrogen) atoms. The summed E-state index contributed by atoms with van der Waals surface area (Å²) in [6.45, 7) is 2.99. The SMILES string of the molecule is Cc1nnn(-c2ccc(C(F)F)cc2)c1COc1ccc(N2CC(C(=O)Nc3ccncc3)C2)nn1. The maximum atomic E-state index is 12.8. The number of halogens is 2. The summed E-state index contributed by atoms with van der Waals surface area (Å²) in [6.07, 6.45) is 0.716. The molecule has 1 aliphatic rings. The minimum absolute atomic E-state index is 0.0465. The first-order valence-corrected chi connectivity index (χ1v) is 11.2. The van der Waals surface area contributed by atoms with Gasteiger partial charge in [0.05, 0.1) is 17.3 Å². The highest BCUT2D eigenvalue weighted by Gasteiger charge is 2.33. The van der Waals surface area contributed by atoms with E-state index >= 15 is 0 Å². The average molecular weight is 492 g/mol. The van der Waals surface area contributed by atoms with Crippen molar-refractivity contribution in [2.24, 2.45) is 5.92 Å². The van der Waals surface area contributed by atoms with Gasteiger partial charge in [-0.05, 0) is 37.3 Å². The minimum Gasteiger partial charge on any atom is -0.470 e. The van der Waals surface area contributed by atoms with Crippen molar-refractivity contribution >= 4 is 17.4 Å². The van der Waals surface area contributed by atoms with Gasteiger partial charge in [0.15, 0.2) is 5.82 Å². The number of aryl methyl sites for hydroxylation is 1. The molecule has 10 nitrogen and oxygen atoms in total. The highest BCUT2D eigenvalue weighted by molar-refractivity contribution is 5.94. The van der Waals surface area contributed by atoms with Crippen molar-refractivity contribution in [2.45, 2.75) is 20.0 Å². The van der Waals surface area contributed by atoms with Gasteiger partial charge in [0, 0.05) is 42.8 Å². The predicted molar refractivity (Wildman–Crippen MR) is 126 cm³/mol. The van der Waals surface area contributed by atoms with Crippen LogP contribution >= 0.6 is 0 Å². The van der Waals surface area contributed by atoms with Gasteiger partial charge in [-0.2, -0.15) is 0 Å². The van der Waals surface area contributed by atoms with Gasteiger partial charge in [-0.15, -0.1) is 15.3 Å². The van der Waals surface area contributed by atoms with Crippen LogP contribution in [0, 0.1) is 12.8 Å². The molecule has 1 N–H and O–H groups in total. The number of amides is 1. The predicted octanol–water partition coefficient (Wildman–Crippen LogP) is 3.35. The number of carbonyl (C=O) groups is 1. The van der Waals surface area contributed by atoms with Crippen molar-refractivity contribution in [3.8, 4) is 11.6 Å². The highest BCUT2D eigenvalue weighted by Crippen LogP contribution is 2.25. The van der Waals surface area contributed by atoms with E-state index in [0.717, 1.165) is 0 Å². The number of nitrogens with one attached hydrogen (secondary N) is 1. The molecule has 1 aliphatic heterocycles. The van der Waals surface area contributed by atoms with E-state index in [9.17, 15) is 13.6 Å². The number of nitrogens with zero attached hydrogens (tertiary/aromatic N) is 7. The summed E-state index contributed by atoms with van der Waals surface area (Å²) in [4.78, 5) is 18.3. The Morgan fingerprint density at radius 1 is 1.06 bits per heavy atom. The third kappa shape index (κ3) is 4.97. The van der Waals surface area contributed by atoms with Crippen LogP contribution in [0.5, 0.6) is 5.88 Å². The third-order valence-corrected chi connectivity index (χ3v) is 5.85. The quantitative estimate of drug-likeness (QED) is 0.399. The zero-order chi connectivity index (χ0) is 25.1. The van der Waals surface area contributed by atoms with Gasteiger partial charge in [0.25, 0.3) is 6.43 Å². The molecule has 4 heterocycles. The lowest BCUT2D eigenvalue weighted by molar-refractivity contribution is -0.120. The second-order valence-electron chi connectivity index (χ2n) is 8.27. The van der Waals surface area contributed by atoms with Gasteiger partial charge in [-0.1, -0.05) is 17.3 Å². The van der Waals surface area contributed by atoms with Gasteiger partial charge in [0.1, 0.15) is 12.3 Å². The lowest BCUT2D eigenvalue weighted by Gasteiger charge is -2.38. The summed E-state index contributed by atoms with van der Waals surface area (Å²) in [5, 5.41) is 19.4. The van der Waals surface area contributed by atoms with Gasteiger partial charge < -0.3 is 15.0 Å². The van der Waals surface area contributed by atoms with Crippen LogP contribution in [0.25, 0.3) is 5.69 Å². The highest BCUT2D eigenvalue weighted by atomic mass is 19.3. The molecular weight excluding hydrogens is 470 g/mol. The third-order valence-electron chi connectivity index (χ3n) is 5.85. The molecule has 3 aromatic heterocycles. The first-order valence-electron chi connectivity index (χ1n) is 11.2. The van der Waals surface area contributed by atoms with Crippen molar-refractivity contribution in [1.29, 1.82) is 0 Å². The molecule has 0 saturated carbocycles. The van der Waals surface area contributed by atoms with E-state index in [1.807, 2.05) is 4.90 Å². The molecule has 1 fully saturated rings. The first-order chi connectivity index (χ1) is 17.5. The molecule has 1 aromatic carbocycles. The van der Waals surface area contributed by atoms with Crippen LogP contribution in [0.15, 0.2) is 60.9 Å². The van der Waals surface area contributed by atoms with Crippen molar-refractivity contribution < 1.29 is 18.3 Å². The number of ether oxygens (including phenoxy) is 1. The van der Waals surface area contributed by atoms with Crippen molar-refractivity contribution in [3.63, 3.8) is 0 Å². The van der Waals surface area contributed by atoms with E-state index in [2.05, 4.69) is 30.8 Å². The Labute approximate surface area is 204 Å². The molecule has 4 aromatic rings. The zero-order valence-corrected chi connectivity index (χ0v) is 19.3. The second-order valence-corrected chi connectivity index (χ2v) is 8.27. The van der Waals surface area contributed by atoms with Gasteiger partial charge >= 0.3 is 0 Å². The monoisotopic (exact) mass is 492 g/mol. The summed E-state index contributed by atoms with van der Waals surface area (Å²) in [5.74, 6) is 0.778. The molecule has 0 radical (unpaired) electrons. The minimum atomic E-state index is -2.53. The Morgan fingerprint density at radius 3 is 2.47 bits per heavy atom. The Morgan fingerprint density at radius 2 is 1.81 bits per heavy atom. The van der Waals surface area contributed by atoms with Crippen molar-refractivity contribution in [2.75, 3.05) is 23.3 Å². The lowest BCUT2D eigenvalue weighted by atomic mass is 9.99. The second kappa shape index (κ2) is 10.0. The molecule has 0 bridgehead atoms. The molecule has 5 rings (SSSR count). The van der Waals surface area contributed by atoms with E-state index < -0.39 is 6.43 Å². The molecule has 0 spiro atoms. The summed E-state index contributed by atoms with van der Waals surface area (Å²) in [7, 11) is 0. The number of carbonyl (C=O) groups excluding carboxylic acids is 1. The number of alkyl halides is 2. The maximum absolute atomic E-state index is 12.8. The normalized spacial score (nSPS) is 13.5. The molecule has 184 valence electrons. The van der Waals surface area contributed by atoms with E-state index in [-0.39, 0.29) is 24.0 Å². The van der Waals surface area contributed by atoms with E-state index in [1.54, 1.807) is 60.4 Å². The van der Waals surface area contributed by atoms with Gasteiger partial charge in [0.2, 0.25) is 11.8 Å². The Hall–Kier alpha value is -4.48. The average Bonchev–Trinajstić information content (AvgIpc) is 3.23. The zero-order valence-electron chi connectivity index (χ0n) is 19.3. The van der Waals surface area contributed by atoms with Crippen molar-refractivity contribution in [3.05, 3.63) is 77.9 Å². The number of pyridine rings is 1. The molecule has 1 saturated heterocycles. The van der Waals surface area contributed by atoms with E-state index in [1.165, 1.54) is 12.1 Å². The Balaban J connectivity index is 1.16. The number of benzene rings is 1. The lowest BCUT2D eigenvalue weighted by Crippen LogP contribution is -2.52. The van der Waals surface area contributed by atoms with E-state index in [0.29, 0.717) is 47.5 Å². The number of aromatic nitrogens is 6. The summed E-state index contributed by atoms with van der Waals surface area (Å²) >= 11 is 0. The van der Waals surface area contributed by atoms with Crippen molar-refractivity contribution in [1.82, 2.24) is 30.2 Å². The molecule has 0 atom stereocenters. The van der Waals surface area contributed by atoms with Crippen LogP contribution in [-0.4, -0.2) is 49.2 Å². The Bertz CT molecular complexity index is 1320. The standard InChI is InChI=1S/C24H22F2N8O2/c1-15-20(34(32-29-15)19-4-2-16(3-5-19)23(25)26)14-36-22-7-6-21(30-31-22)33-12-17(13-33)24(35)28-18-8-10-27-11-9-18/h2-11,17,23H,12-14H2,1H3,(H,27,28,35).